The third kappa shape index (κ3) is 3.41. The van der Waals surface area contributed by atoms with E-state index >= 15 is 0 Å². The standard InChI is InChI=1S/C21H23N3O4/c1-27-19-6-3-13(10-20(19)28-2)9-18-16-11-14(4-5-17(16)22-23-18)21(26)24-8-7-15(25)12-24/h3-6,10-11,15,25H,7-9,12H2,1-2H3,(H,22,23). The molecule has 1 aromatic heterocycles. The van der Waals surface area contributed by atoms with Gasteiger partial charge in [-0.3, -0.25) is 9.89 Å². The normalized spacial score (nSPS) is 16.5. The van der Waals surface area contributed by atoms with Crippen molar-refractivity contribution >= 4 is 16.8 Å². The second-order valence-corrected chi connectivity index (χ2v) is 6.99. The van der Waals surface area contributed by atoms with Gasteiger partial charge in [0.2, 0.25) is 0 Å². The van der Waals surface area contributed by atoms with Crippen molar-refractivity contribution in [3.8, 4) is 11.5 Å². The predicted molar refractivity (Wildman–Crippen MR) is 105 cm³/mol. The lowest BCUT2D eigenvalue weighted by Gasteiger charge is -2.15. The molecule has 0 spiro atoms. The number of benzene rings is 2. The number of methoxy groups -OCH3 is 2. The van der Waals surface area contributed by atoms with Crippen LogP contribution in [0.15, 0.2) is 36.4 Å². The number of ether oxygens (including phenoxy) is 2. The van der Waals surface area contributed by atoms with Crippen molar-refractivity contribution in [2.24, 2.45) is 0 Å². The van der Waals surface area contributed by atoms with Gasteiger partial charge in [-0.05, 0) is 42.3 Å². The number of likely N-dealkylation sites (tertiary alicyclic amines) is 1. The number of rotatable bonds is 5. The number of aliphatic hydroxyl groups is 1. The Labute approximate surface area is 162 Å². The van der Waals surface area contributed by atoms with Crippen molar-refractivity contribution in [3.63, 3.8) is 0 Å². The summed E-state index contributed by atoms with van der Waals surface area (Å²) in [6.45, 7) is 0.975. The highest BCUT2D eigenvalue weighted by Crippen LogP contribution is 2.29. The first-order valence-corrected chi connectivity index (χ1v) is 9.24. The second-order valence-electron chi connectivity index (χ2n) is 6.99. The SMILES string of the molecule is COc1ccc(Cc2n[nH]c3ccc(C(=O)N4CCC(O)C4)cc23)cc1OC. The largest absolute Gasteiger partial charge is 0.493 e. The van der Waals surface area contributed by atoms with Crippen LogP contribution in [0, 0.1) is 0 Å². The van der Waals surface area contributed by atoms with E-state index < -0.39 is 6.10 Å². The average molecular weight is 381 g/mol. The van der Waals surface area contributed by atoms with Gasteiger partial charge in [-0.25, -0.2) is 0 Å². The van der Waals surface area contributed by atoms with Crippen LogP contribution in [0.5, 0.6) is 11.5 Å². The van der Waals surface area contributed by atoms with Gasteiger partial charge >= 0.3 is 0 Å². The molecule has 2 aromatic carbocycles. The number of β-amino-alcohol motifs (C(OH)–C–C–N with tert-alkyl or cyclic N) is 1. The Balaban J connectivity index is 1.62. The number of carbonyl (C=O) groups excluding carboxylic acids is 1. The topological polar surface area (TPSA) is 87.7 Å². The molecule has 0 aliphatic carbocycles. The summed E-state index contributed by atoms with van der Waals surface area (Å²) in [4.78, 5) is 14.4. The summed E-state index contributed by atoms with van der Waals surface area (Å²) in [6.07, 6.45) is 0.798. The highest BCUT2D eigenvalue weighted by atomic mass is 16.5. The lowest BCUT2D eigenvalue weighted by Crippen LogP contribution is -2.29. The molecule has 0 radical (unpaired) electrons. The molecule has 0 bridgehead atoms. The summed E-state index contributed by atoms with van der Waals surface area (Å²) in [5.41, 5.74) is 3.38. The molecule has 1 amide bonds. The lowest BCUT2D eigenvalue weighted by atomic mass is 10.0. The van der Waals surface area contributed by atoms with E-state index in [9.17, 15) is 9.90 Å². The second kappa shape index (κ2) is 7.52. The van der Waals surface area contributed by atoms with Gasteiger partial charge < -0.3 is 19.5 Å². The third-order valence-electron chi connectivity index (χ3n) is 5.16. The Morgan fingerprint density at radius 3 is 2.75 bits per heavy atom. The van der Waals surface area contributed by atoms with E-state index in [0.29, 0.717) is 43.0 Å². The molecule has 7 heteroatoms. The van der Waals surface area contributed by atoms with Gasteiger partial charge in [-0.2, -0.15) is 5.10 Å². The van der Waals surface area contributed by atoms with Crippen LogP contribution in [-0.2, 0) is 6.42 Å². The maximum atomic E-state index is 12.7. The zero-order chi connectivity index (χ0) is 19.7. The molecule has 28 heavy (non-hydrogen) atoms. The fourth-order valence-corrected chi connectivity index (χ4v) is 3.63. The molecular weight excluding hydrogens is 358 g/mol. The minimum atomic E-state index is -0.429. The van der Waals surface area contributed by atoms with E-state index in [1.807, 2.05) is 30.3 Å². The van der Waals surface area contributed by atoms with Crippen LogP contribution in [0.2, 0.25) is 0 Å². The molecule has 1 aliphatic rings. The number of hydrogen-bond acceptors (Lipinski definition) is 5. The molecule has 1 unspecified atom stereocenters. The third-order valence-corrected chi connectivity index (χ3v) is 5.16. The van der Waals surface area contributed by atoms with Crippen LogP contribution < -0.4 is 9.47 Å². The van der Waals surface area contributed by atoms with Gasteiger partial charge in [0.25, 0.3) is 5.91 Å². The lowest BCUT2D eigenvalue weighted by molar-refractivity contribution is 0.0765. The zero-order valence-electron chi connectivity index (χ0n) is 15.9. The number of nitrogens with one attached hydrogen (secondary N) is 1. The Kier molecular flexibility index (Phi) is 4.92. The van der Waals surface area contributed by atoms with Crippen LogP contribution in [0.1, 0.15) is 28.0 Å². The Morgan fingerprint density at radius 2 is 2.04 bits per heavy atom. The summed E-state index contributed by atoms with van der Waals surface area (Å²) in [5, 5.41) is 18.1. The number of aliphatic hydroxyl groups excluding tert-OH is 1. The fraction of sp³-hybridized carbons (Fsp3) is 0.333. The van der Waals surface area contributed by atoms with Crippen LogP contribution in [0.25, 0.3) is 10.9 Å². The molecule has 7 nitrogen and oxygen atoms in total. The van der Waals surface area contributed by atoms with Crippen molar-refractivity contribution in [2.75, 3.05) is 27.3 Å². The molecule has 3 aromatic rings. The number of H-pyrrole nitrogens is 1. The van der Waals surface area contributed by atoms with Gasteiger partial charge in [0.15, 0.2) is 11.5 Å². The smallest absolute Gasteiger partial charge is 0.253 e. The molecule has 1 aliphatic heterocycles. The van der Waals surface area contributed by atoms with E-state index in [2.05, 4.69) is 10.2 Å². The quantitative estimate of drug-likeness (QED) is 0.709. The van der Waals surface area contributed by atoms with Crippen molar-refractivity contribution in [3.05, 3.63) is 53.2 Å². The number of aromatic amines is 1. The number of hydrogen-bond donors (Lipinski definition) is 2. The fourth-order valence-electron chi connectivity index (χ4n) is 3.63. The van der Waals surface area contributed by atoms with Gasteiger partial charge in [-0.1, -0.05) is 6.07 Å². The Hall–Kier alpha value is -3.06. The highest BCUT2D eigenvalue weighted by Gasteiger charge is 2.25. The summed E-state index contributed by atoms with van der Waals surface area (Å²) in [6, 6.07) is 11.3. The van der Waals surface area contributed by atoms with Gasteiger partial charge in [-0.15, -0.1) is 0 Å². The zero-order valence-corrected chi connectivity index (χ0v) is 15.9. The van der Waals surface area contributed by atoms with Crippen molar-refractivity contribution < 1.29 is 19.4 Å². The molecule has 1 saturated heterocycles. The van der Waals surface area contributed by atoms with Gasteiger partial charge in [0.1, 0.15) is 0 Å². The number of fused-ring (bicyclic) bond motifs is 1. The van der Waals surface area contributed by atoms with Crippen molar-refractivity contribution in [1.82, 2.24) is 15.1 Å². The Bertz CT molecular complexity index is 1010. The molecule has 0 saturated carbocycles. The number of nitrogens with zero attached hydrogens (tertiary/aromatic N) is 2. The maximum Gasteiger partial charge on any atom is 0.253 e. The minimum Gasteiger partial charge on any atom is -0.493 e. The van der Waals surface area contributed by atoms with Gasteiger partial charge in [0, 0.05) is 30.5 Å². The van der Waals surface area contributed by atoms with E-state index in [-0.39, 0.29) is 5.91 Å². The first-order valence-electron chi connectivity index (χ1n) is 9.24. The summed E-state index contributed by atoms with van der Waals surface area (Å²) in [7, 11) is 3.22. The van der Waals surface area contributed by atoms with Crippen LogP contribution >= 0.6 is 0 Å². The van der Waals surface area contributed by atoms with E-state index in [1.165, 1.54) is 0 Å². The number of carbonyl (C=O) groups is 1. The first-order chi connectivity index (χ1) is 13.6. The molecule has 2 N–H and O–H groups in total. The minimum absolute atomic E-state index is 0.0586. The summed E-state index contributed by atoms with van der Waals surface area (Å²) in [5.74, 6) is 1.29. The average Bonchev–Trinajstić information content (AvgIpc) is 3.33. The van der Waals surface area contributed by atoms with E-state index in [4.69, 9.17) is 9.47 Å². The highest BCUT2D eigenvalue weighted by molar-refractivity contribution is 5.98. The van der Waals surface area contributed by atoms with Crippen molar-refractivity contribution in [1.29, 1.82) is 0 Å². The monoisotopic (exact) mass is 381 g/mol. The molecule has 146 valence electrons. The van der Waals surface area contributed by atoms with Crippen molar-refractivity contribution in [2.45, 2.75) is 18.9 Å². The Morgan fingerprint density at radius 1 is 1.21 bits per heavy atom. The molecule has 4 rings (SSSR count). The maximum absolute atomic E-state index is 12.7. The predicted octanol–water partition coefficient (Wildman–Crippen LogP) is 2.38. The number of aromatic nitrogens is 2. The van der Waals surface area contributed by atoms with E-state index in [0.717, 1.165) is 22.2 Å². The summed E-state index contributed by atoms with van der Waals surface area (Å²) >= 11 is 0. The summed E-state index contributed by atoms with van der Waals surface area (Å²) < 4.78 is 10.7. The van der Waals surface area contributed by atoms with Crippen LogP contribution in [0.4, 0.5) is 0 Å². The first kappa shape index (κ1) is 18.3. The van der Waals surface area contributed by atoms with Crippen LogP contribution in [0.3, 0.4) is 0 Å². The van der Waals surface area contributed by atoms with Gasteiger partial charge in [0.05, 0.1) is 31.5 Å². The molecule has 1 fully saturated rings. The molecule has 2 heterocycles. The van der Waals surface area contributed by atoms with E-state index in [1.54, 1.807) is 25.2 Å². The molecule has 1 atom stereocenters. The number of amides is 1. The molecular formula is C21H23N3O4. The van der Waals surface area contributed by atoms with Crippen LogP contribution in [-0.4, -0.2) is 59.5 Å².